The Hall–Kier alpha value is -1.78. The summed E-state index contributed by atoms with van der Waals surface area (Å²) in [6.45, 7) is 10.1. The van der Waals surface area contributed by atoms with Crippen LogP contribution in [0.2, 0.25) is 0 Å². The van der Waals surface area contributed by atoms with E-state index in [2.05, 4.69) is 34.5 Å². The topological polar surface area (TPSA) is 58.5 Å². The number of nitrogens with one attached hydrogen (secondary N) is 2. The highest BCUT2D eigenvalue weighted by Gasteiger charge is 2.05. The summed E-state index contributed by atoms with van der Waals surface area (Å²) in [6, 6.07) is 3.92. The summed E-state index contributed by atoms with van der Waals surface area (Å²) < 4.78 is 5.54. The number of ether oxygens (including phenoxy) is 1. The summed E-state index contributed by atoms with van der Waals surface area (Å²) >= 11 is 0. The molecule has 124 valence electrons. The van der Waals surface area contributed by atoms with Crippen LogP contribution in [0.1, 0.15) is 46.1 Å². The summed E-state index contributed by atoms with van der Waals surface area (Å²) in [5.74, 6) is 2.18. The van der Waals surface area contributed by atoms with Crippen molar-refractivity contribution < 1.29 is 4.74 Å². The Kier molecular flexibility index (Phi) is 8.33. The molecular formula is C17H30N4O. The number of nitrogens with zero attached hydrogens (tertiary/aromatic N) is 2. The highest BCUT2D eigenvalue weighted by molar-refractivity contribution is 5.79. The molecule has 0 saturated heterocycles. The van der Waals surface area contributed by atoms with Crippen molar-refractivity contribution in [1.82, 2.24) is 15.6 Å². The lowest BCUT2D eigenvalue weighted by Gasteiger charge is -2.16. The number of guanidine groups is 1. The SMILES string of the molecule is CCC(CC)CNC(=NC)NCc1ccc(OC(C)C)nc1. The van der Waals surface area contributed by atoms with Gasteiger partial charge in [0.1, 0.15) is 0 Å². The zero-order chi connectivity index (χ0) is 16.4. The van der Waals surface area contributed by atoms with E-state index in [0.717, 1.165) is 18.1 Å². The maximum absolute atomic E-state index is 5.54. The van der Waals surface area contributed by atoms with E-state index in [0.29, 0.717) is 18.3 Å². The first kappa shape index (κ1) is 18.3. The second-order valence-corrected chi connectivity index (χ2v) is 5.66. The molecule has 0 bridgehead atoms. The Balaban J connectivity index is 2.43. The van der Waals surface area contributed by atoms with E-state index in [9.17, 15) is 0 Å². The van der Waals surface area contributed by atoms with Crippen LogP contribution in [-0.2, 0) is 6.54 Å². The lowest BCUT2D eigenvalue weighted by molar-refractivity contribution is 0.232. The maximum atomic E-state index is 5.54. The third-order valence-electron chi connectivity index (χ3n) is 3.55. The molecule has 1 rings (SSSR count). The molecule has 1 heterocycles. The molecular weight excluding hydrogens is 276 g/mol. The van der Waals surface area contributed by atoms with Crippen LogP contribution in [0.15, 0.2) is 23.3 Å². The van der Waals surface area contributed by atoms with Crippen molar-refractivity contribution >= 4 is 5.96 Å². The number of aromatic nitrogens is 1. The molecule has 0 aliphatic carbocycles. The van der Waals surface area contributed by atoms with Gasteiger partial charge in [-0.05, 0) is 25.3 Å². The van der Waals surface area contributed by atoms with Gasteiger partial charge in [0.15, 0.2) is 5.96 Å². The lowest BCUT2D eigenvalue weighted by atomic mass is 10.0. The van der Waals surface area contributed by atoms with Gasteiger partial charge in [0.05, 0.1) is 6.10 Å². The first-order valence-electron chi connectivity index (χ1n) is 8.15. The van der Waals surface area contributed by atoms with Crippen molar-refractivity contribution in [3.8, 4) is 5.88 Å². The smallest absolute Gasteiger partial charge is 0.213 e. The minimum absolute atomic E-state index is 0.143. The van der Waals surface area contributed by atoms with Gasteiger partial charge in [-0.2, -0.15) is 0 Å². The van der Waals surface area contributed by atoms with E-state index >= 15 is 0 Å². The van der Waals surface area contributed by atoms with Crippen LogP contribution < -0.4 is 15.4 Å². The van der Waals surface area contributed by atoms with Crippen molar-refractivity contribution in [2.75, 3.05) is 13.6 Å². The molecule has 0 aromatic carbocycles. The van der Waals surface area contributed by atoms with Crippen molar-refractivity contribution in [1.29, 1.82) is 0 Å². The largest absolute Gasteiger partial charge is 0.475 e. The van der Waals surface area contributed by atoms with Gasteiger partial charge in [0, 0.05) is 32.4 Å². The molecule has 1 aromatic rings. The normalized spacial score (nSPS) is 11.9. The minimum Gasteiger partial charge on any atom is -0.475 e. The quantitative estimate of drug-likeness (QED) is 0.572. The van der Waals surface area contributed by atoms with Crippen molar-refractivity contribution in [3.63, 3.8) is 0 Å². The molecule has 2 N–H and O–H groups in total. The molecule has 0 saturated carbocycles. The van der Waals surface area contributed by atoms with E-state index < -0.39 is 0 Å². The highest BCUT2D eigenvalue weighted by atomic mass is 16.5. The Bertz CT molecular complexity index is 438. The van der Waals surface area contributed by atoms with Gasteiger partial charge in [0.2, 0.25) is 5.88 Å². The van der Waals surface area contributed by atoms with Crippen LogP contribution in [0, 0.1) is 5.92 Å². The molecule has 0 unspecified atom stereocenters. The van der Waals surface area contributed by atoms with Gasteiger partial charge in [-0.25, -0.2) is 4.98 Å². The standard InChI is InChI=1S/C17H30N4O/c1-6-14(7-2)10-20-17(18-5)21-12-15-8-9-16(19-11-15)22-13(3)4/h8-9,11,13-14H,6-7,10,12H2,1-5H3,(H2,18,20,21). The zero-order valence-electron chi connectivity index (χ0n) is 14.5. The molecule has 0 radical (unpaired) electrons. The molecule has 0 spiro atoms. The van der Waals surface area contributed by atoms with Gasteiger partial charge in [0.25, 0.3) is 0 Å². The molecule has 22 heavy (non-hydrogen) atoms. The molecule has 0 fully saturated rings. The van der Waals surface area contributed by atoms with Gasteiger partial charge < -0.3 is 15.4 Å². The lowest BCUT2D eigenvalue weighted by Crippen LogP contribution is -2.39. The van der Waals surface area contributed by atoms with Gasteiger partial charge in [-0.15, -0.1) is 0 Å². The van der Waals surface area contributed by atoms with E-state index in [-0.39, 0.29) is 6.10 Å². The molecule has 1 aromatic heterocycles. The van der Waals surface area contributed by atoms with Gasteiger partial charge >= 0.3 is 0 Å². The Labute approximate surface area is 134 Å². The summed E-state index contributed by atoms with van der Waals surface area (Å²) in [5.41, 5.74) is 1.10. The minimum atomic E-state index is 0.143. The second-order valence-electron chi connectivity index (χ2n) is 5.66. The summed E-state index contributed by atoms with van der Waals surface area (Å²) in [4.78, 5) is 8.55. The number of aliphatic imine (C=N–C) groups is 1. The van der Waals surface area contributed by atoms with Crippen LogP contribution in [-0.4, -0.2) is 30.6 Å². The predicted octanol–water partition coefficient (Wildman–Crippen LogP) is 2.97. The molecule has 0 aliphatic heterocycles. The van der Waals surface area contributed by atoms with Crippen LogP contribution in [0.5, 0.6) is 5.88 Å². The second kappa shape index (κ2) is 10.0. The number of pyridine rings is 1. The van der Waals surface area contributed by atoms with Crippen molar-refractivity contribution in [2.45, 2.75) is 53.2 Å². The fourth-order valence-electron chi connectivity index (χ4n) is 2.05. The molecule has 0 aliphatic rings. The molecule has 5 heteroatoms. The Morgan fingerprint density at radius 1 is 1.23 bits per heavy atom. The van der Waals surface area contributed by atoms with E-state index in [1.165, 1.54) is 12.8 Å². The van der Waals surface area contributed by atoms with Crippen molar-refractivity contribution in [3.05, 3.63) is 23.9 Å². The molecule has 0 atom stereocenters. The average molecular weight is 306 g/mol. The van der Waals surface area contributed by atoms with E-state index in [1.54, 1.807) is 7.05 Å². The third-order valence-corrected chi connectivity index (χ3v) is 3.55. The van der Waals surface area contributed by atoms with E-state index in [1.807, 2.05) is 32.2 Å². The van der Waals surface area contributed by atoms with Gasteiger partial charge in [-0.3, -0.25) is 4.99 Å². The number of rotatable bonds is 8. The first-order valence-corrected chi connectivity index (χ1v) is 8.15. The molecule has 5 nitrogen and oxygen atoms in total. The van der Waals surface area contributed by atoms with Crippen molar-refractivity contribution in [2.24, 2.45) is 10.9 Å². The third kappa shape index (κ3) is 6.78. The van der Waals surface area contributed by atoms with Crippen LogP contribution in [0.3, 0.4) is 0 Å². The summed E-state index contributed by atoms with van der Waals surface area (Å²) in [7, 11) is 1.79. The van der Waals surface area contributed by atoms with E-state index in [4.69, 9.17) is 4.74 Å². The van der Waals surface area contributed by atoms with Gasteiger partial charge in [-0.1, -0.05) is 32.8 Å². The monoisotopic (exact) mass is 306 g/mol. The Morgan fingerprint density at radius 3 is 2.45 bits per heavy atom. The average Bonchev–Trinajstić information content (AvgIpc) is 2.52. The maximum Gasteiger partial charge on any atom is 0.213 e. The fourth-order valence-corrected chi connectivity index (χ4v) is 2.05. The van der Waals surface area contributed by atoms with Crippen LogP contribution in [0.25, 0.3) is 0 Å². The molecule has 0 amide bonds. The Morgan fingerprint density at radius 2 is 1.95 bits per heavy atom. The zero-order valence-corrected chi connectivity index (χ0v) is 14.5. The number of hydrogen-bond donors (Lipinski definition) is 2. The highest BCUT2D eigenvalue weighted by Crippen LogP contribution is 2.09. The number of hydrogen-bond acceptors (Lipinski definition) is 3. The summed E-state index contributed by atoms with van der Waals surface area (Å²) in [5, 5.41) is 6.68. The predicted molar refractivity (Wildman–Crippen MR) is 92.3 cm³/mol. The fraction of sp³-hybridized carbons (Fsp3) is 0.647. The van der Waals surface area contributed by atoms with Crippen LogP contribution >= 0.6 is 0 Å². The summed E-state index contributed by atoms with van der Waals surface area (Å²) in [6.07, 6.45) is 4.34. The first-order chi connectivity index (χ1) is 10.6. The van der Waals surface area contributed by atoms with Crippen LogP contribution in [0.4, 0.5) is 0 Å².